The van der Waals surface area contributed by atoms with Crippen molar-refractivity contribution in [3.63, 3.8) is 0 Å². The molecule has 0 aromatic heterocycles. The molecule has 0 saturated carbocycles. The summed E-state index contributed by atoms with van der Waals surface area (Å²) in [4.78, 5) is 34.2. The Morgan fingerprint density at radius 3 is 1.37 bits per heavy atom. The van der Waals surface area contributed by atoms with E-state index in [0.717, 1.165) is 19.4 Å². The molecule has 0 amide bonds. The Kier molecular flexibility index (Phi) is 18.3. The van der Waals surface area contributed by atoms with Crippen molar-refractivity contribution in [3.05, 3.63) is 12.2 Å². The van der Waals surface area contributed by atoms with E-state index in [0.29, 0.717) is 43.4 Å². The Morgan fingerprint density at radius 2 is 0.971 bits per heavy atom. The molecular weight excluding hydrogens is 446 g/mol. The van der Waals surface area contributed by atoms with Crippen molar-refractivity contribution in [1.82, 2.24) is 0 Å². The third-order valence-electron chi connectivity index (χ3n) is 7.29. The molecule has 0 aromatic rings. The van der Waals surface area contributed by atoms with Gasteiger partial charge >= 0.3 is 17.9 Å². The molecule has 0 rings (SSSR count). The van der Waals surface area contributed by atoms with Gasteiger partial charge in [0.1, 0.15) is 0 Å². The summed E-state index contributed by atoms with van der Waals surface area (Å²) in [5.41, 5.74) is 0. The standard InChI is InChI=1S/C28H51NO6/c1-5-6-7-8-9-10-11-12-13-14-15-19-29(20-16-23(2)26(30)31,21-17-24(3)27(32)33)22-18-25(4)28(34)35/h13-14,23-25H,5-12,15-22H2,1-4H3,(H2-,30,31,32,33,34,35)/p+1/b14-13+. The van der Waals surface area contributed by atoms with Crippen LogP contribution in [0.5, 0.6) is 0 Å². The first-order valence-electron chi connectivity index (χ1n) is 13.7. The smallest absolute Gasteiger partial charge is 0.306 e. The zero-order valence-electron chi connectivity index (χ0n) is 22.7. The molecule has 35 heavy (non-hydrogen) atoms. The maximum Gasteiger partial charge on any atom is 0.306 e. The van der Waals surface area contributed by atoms with Gasteiger partial charge in [0.05, 0.1) is 43.9 Å². The van der Waals surface area contributed by atoms with Gasteiger partial charge in [0.2, 0.25) is 0 Å². The molecule has 3 N–H and O–H groups in total. The van der Waals surface area contributed by atoms with Crippen LogP contribution in [0.25, 0.3) is 0 Å². The molecule has 0 heterocycles. The predicted molar refractivity (Wildman–Crippen MR) is 140 cm³/mol. The maximum atomic E-state index is 11.4. The average molecular weight is 499 g/mol. The highest BCUT2D eigenvalue weighted by molar-refractivity contribution is 5.70. The lowest BCUT2D eigenvalue weighted by Gasteiger charge is -2.40. The quantitative estimate of drug-likeness (QED) is 0.0875. The fourth-order valence-electron chi connectivity index (χ4n) is 4.25. The Labute approximate surface area is 213 Å². The van der Waals surface area contributed by atoms with Crippen molar-refractivity contribution in [1.29, 1.82) is 0 Å². The van der Waals surface area contributed by atoms with E-state index in [1.807, 2.05) is 0 Å². The molecule has 0 aromatic carbocycles. The maximum absolute atomic E-state index is 11.4. The summed E-state index contributed by atoms with van der Waals surface area (Å²) in [6.07, 6.45) is 16.7. The van der Waals surface area contributed by atoms with Gasteiger partial charge in [-0.2, -0.15) is 0 Å². The lowest BCUT2D eigenvalue weighted by molar-refractivity contribution is -0.929. The summed E-state index contributed by atoms with van der Waals surface area (Å²) in [5, 5.41) is 28.1. The van der Waals surface area contributed by atoms with Crippen molar-refractivity contribution in [3.8, 4) is 0 Å². The minimum atomic E-state index is -0.838. The van der Waals surface area contributed by atoms with Crippen LogP contribution in [0.1, 0.15) is 105 Å². The fourth-order valence-corrected chi connectivity index (χ4v) is 4.25. The topological polar surface area (TPSA) is 112 Å². The van der Waals surface area contributed by atoms with Gasteiger partial charge in [0.15, 0.2) is 0 Å². The van der Waals surface area contributed by atoms with Gasteiger partial charge in [-0.3, -0.25) is 14.4 Å². The average Bonchev–Trinajstić information content (AvgIpc) is 2.82. The van der Waals surface area contributed by atoms with Crippen molar-refractivity contribution < 1.29 is 34.2 Å². The predicted octanol–water partition coefficient (Wildman–Crippen LogP) is 6.22. The van der Waals surface area contributed by atoms with Gasteiger partial charge < -0.3 is 19.8 Å². The number of rotatable bonds is 23. The molecule has 3 unspecified atom stereocenters. The number of aliphatic carboxylic acids is 3. The van der Waals surface area contributed by atoms with Gasteiger partial charge in [-0.1, -0.05) is 78.4 Å². The third kappa shape index (κ3) is 16.4. The van der Waals surface area contributed by atoms with Crippen LogP contribution in [-0.2, 0) is 14.4 Å². The van der Waals surface area contributed by atoms with Crippen molar-refractivity contribution in [2.24, 2.45) is 17.8 Å². The van der Waals surface area contributed by atoms with E-state index in [1.165, 1.54) is 44.9 Å². The van der Waals surface area contributed by atoms with Gasteiger partial charge in [-0.15, -0.1) is 0 Å². The minimum absolute atomic E-state index is 0.486. The second-order valence-corrected chi connectivity index (χ2v) is 10.5. The largest absolute Gasteiger partial charge is 0.481 e. The van der Waals surface area contributed by atoms with E-state index in [9.17, 15) is 29.7 Å². The van der Waals surface area contributed by atoms with Crippen LogP contribution in [0.2, 0.25) is 0 Å². The highest BCUT2D eigenvalue weighted by atomic mass is 16.4. The molecule has 7 heteroatoms. The number of carboxylic acids is 3. The van der Waals surface area contributed by atoms with Crippen molar-refractivity contribution in [2.75, 3.05) is 26.2 Å². The summed E-state index contributed by atoms with van der Waals surface area (Å²) in [6.45, 7) is 9.90. The van der Waals surface area contributed by atoms with Gasteiger partial charge in [-0.05, 0) is 12.8 Å². The summed E-state index contributed by atoms with van der Waals surface area (Å²) < 4.78 is 0.564. The molecule has 0 aliphatic heterocycles. The number of nitrogens with zero attached hydrogens (tertiary/aromatic N) is 1. The van der Waals surface area contributed by atoms with Crippen molar-refractivity contribution in [2.45, 2.75) is 105 Å². The molecule has 0 aliphatic carbocycles. The summed E-state index contributed by atoms with van der Waals surface area (Å²) in [6, 6.07) is 0. The molecule has 0 bridgehead atoms. The lowest BCUT2D eigenvalue weighted by atomic mass is 10.0. The fraction of sp³-hybridized carbons (Fsp3) is 0.821. The highest BCUT2D eigenvalue weighted by Crippen LogP contribution is 2.21. The first-order chi connectivity index (χ1) is 16.5. The number of quaternary nitrogens is 1. The molecule has 0 spiro atoms. The number of hydrogen-bond donors (Lipinski definition) is 3. The first-order valence-corrected chi connectivity index (χ1v) is 13.7. The van der Waals surface area contributed by atoms with Crippen molar-refractivity contribution >= 4 is 17.9 Å². The van der Waals surface area contributed by atoms with E-state index in [-0.39, 0.29) is 0 Å². The van der Waals surface area contributed by atoms with Gasteiger partial charge in [-0.25, -0.2) is 0 Å². The van der Waals surface area contributed by atoms with E-state index in [4.69, 9.17) is 0 Å². The molecule has 0 saturated heterocycles. The summed E-state index contributed by atoms with van der Waals surface area (Å²) in [5.74, 6) is -3.99. The van der Waals surface area contributed by atoms with E-state index in [1.54, 1.807) is 20.8 Å². The normalized spacial score (nSPS) is 16.0. The van der Waals surface area contributed by atoms with E-state index in [2.05, 4.69) is 19.1 Å². The summed E-state index contributed by atoms with van der Waals surface area (Å²) in [7, 11) is 0. The van der Waals surface area contributed by atoms with Crippen LogP contribution in [0, 0.1) is 17.8 Å². The monoisotopic (exact) mass is 498 g/mol. The zero-order chi connectivity index (χ0) is 26.7. The van der Waals surface area contributed by atoms with E-state index < -0.39 is 35.7 Å². The molecule has 204 valence electrons. The molecule has 0 aliphatic rings. The molecule has 3 atom stereocenters. The second kappa shape index (κ2) is 19.3. The molecule has 0 fully saturated rings. The van der Waals surface area contributed by atoms with Crippen LogP contribution >= 0.6 is 0 Å². The zero-order valence-corrected chi connectivity index (χ0v) is 22.7. The first kappa shape index (κ1) is 33.1. The summed E-state index contributed by atoms with van der Waals surface area (Å²) >= 11 is 0. The minimum Gasteiger partial charge on any atom is -0.481 e. The molecule has 0 radical (unpaired) electrons. The van der Waals surface area contributed by atoms with Crippen LogP contribution in [0.4, 0.5) is 0 Å². The van der Waals surface area contributed by atoms with E-state index >= 15 is 0 Å². The van der Waals surface area contributed by atoms with Crippen LogP contribution in [0.3, 0.4) is 0 Å². The number of carbonyl (C=O) groups is 3. The molecule has 7 nitrogen and oxygen atoms in total. The number of hydrogen-bond acceptors (Lipinski definition) is 3. The lowest BCUT2D eigenvalue weighted by Crippen LogP contribution is -2.52. The van der Waals surface area contributed by atoms with Gasteiger partial charge in [0, 0.05) is 25.7 Å². The Hall–Kier alpha value is -1.89. The van der Waals surface area contributed by atoms with Crippen LogP contribution < -0.4 is 0 Å². The highest BCUT2D eigenvalue weighted by Gasteiger charge is 2.31. The number of allylic oxidation sites excluding steroid dienone is 1. The Morgan fingerprint density at radius 1 is 0.600 bits per heavy atom. The molecular formula is C28H52NO6+. The third-order valence-corrected chi connectivity index (χ3v) is 7.29. The number of carboxylic acid groups (broad SMARTS) is 3. The SMILES string of the molecule is CCCCCCCCC/C=C/CC[N+](CCC(C)C(=O)O)(CCC(C)C(=O)O)CCC(C)C(=O)O. The Bertz CT molecular complexity index is 573. The van der Waals surface area contributed by atoms with Crippen LogP contribution in [0.15, 0.2) is 12.2 Å². The van der Waals surface area contributed by atoms with Gasteiger partial charge in [0.25, 0.3) is 0 Å². The van der Waals surface area contributed by atoms with Crippen LogP contribution in [-0.4, -0.2) is 63.9 Å². The number of unbranched alkanes of at least 4 members (excludes halogenated alkanes) is 7. The Balaban J connectivity index is 5.10. The second-order valence-electron chi connectivity index (χ2n) is 10.5.